The van der Waals surface area contributed by atoms with E-state index in [9.17, 15) is 4.39 Å². The second-order valence-corrected chi connectivity index (χ2v) is 4.39. The first-order valence-electron chi connectivity index (χ1n) is 4.80. The SMILES string of the molecule is Cn1nc(-c2cc(Br)ccc2F)cc1CN. The summed E-state index contributed by atoms with van der Waals surface area (Å²) in [6.45, 7) is 0.388. The van der Waals surface area contributed by atoms with Crippen molar-refractivity contribution in [1.29, 1.82) is 0 Å². The van der Waals surface area contributed by atoms with Gasteiger partial charge in [0.05, 0.1) is 11.4 Å². The predicted molar refractivity (Wildman–Crippen MR) is 64.2 cm³/mol. The Balaban J connectivity index is 2.53. The standard InChI is InChI=1S/C11H11BrFN3/c1-16-8(6-14)5-11(15-16)9-4-7(12)2-3-10(9)13/h2-5H,6,14H2,1H3. The summed E-state index contributed by atoms with van der Waals surface area (Å²) in [5.74, 6) is -0.287. The van der Waals surface area contributed by atoms with Gasteiger partial charge in [0.1, 0.15) is 5.82 Å². The molecule has 0 fully saturated rings. The Labute approximate surface area is 101 Å². The summed E-state index contributed by atoms with van der Waals surface area (Å²) in [6, 6.07) is 6.57. The number of nitrogens with zero attached hydrogens (tertiary/aromatic N) is 2. The van der Waals surface area contributed by atoms with Crippen LogP contribution in [0.3, 0.4) is 0 Å². The maximum atomic E-state index is 13.6. The van der Waals surface area contributed by atoms with Gasteiger partial charge in [0.15, 0.2) is 0 Å². The van der Waals surface area contributed by atoms with Crippen molar-refractivity contribution in [1.82, 2.24) is 9.78 Å². The zero-order valence-electron chi connectivity index (χ0n) is 8.74. The number of hydrogen-bond acceptors (Lipinski definition) is 2. The molecule has 3 nitrogen and oxygen atoms in total. The van der Waals surface area contributed by atoms with Crippen LogP contribution in [0.2, 0.25) is 0 Å². The summed E-state index contributed by atoms with van der Waals surface area (Å²) in [7, 11) is 1.79. The van der Waals surface area contributed by atoms with Gasteiger partial charge in [-0.25, -0.2) is 4.39 Å². The highest BCUT2D eigenvalue weighted by Gasteiger charge is 2.10. The maximum absolute atomic E-state index is 13.6. The molecule has 0 bridgehead atoms. The minimum Gasteiger partial charge on any atom is -0.325 e. The molecule has 1 heterocycles. The largest absolute Gasteiger partial charge is 0.325 e. The van der Waals surface area contributed by atoms with Crippen LogP contribution in [0.15, 0.2) is 28.7 Å². The highest BCUT2D eigenvalue weighted by Crippen LogP contribution is 2.25. The molecule has 0 radical (unpaired) electrons. The van der Waals surface area contributed by atoms with Gasteiger partial charge in [-0.1, -0.05) is 15.9 Å². The quantitative estimate of drug-likeness (QED) is 0.920. The van der Waals surface area contributed by atoms with Crippen molar-refractivity contribution in [3.8, 4) is 11.3 Å². The fraction of sp³-hybridized carbons (Fsp3) is 0.182. The van der Waals surface area contributed by atoms with Gasteiger partial charge in [-0.15, -0.1) is 0 Å². The molecule has 2 aromatic rings. The van der Waals surface area contributed by atoms with E-state index < -0.39 is 0 Å². The summed E-state index contributed by atoms with van der Waals surface area (Å²) in [5, 5.41) is 4.23. The third kappa shape index (κ3) is 2.01. The van der Waals surface area contributed by atoms with Crippen molar-refractivity contribution in [2.24, 2.45) is 12.8 Å². The van der Waals surface area contributed by atoms with E-state index in [-0.39, 0.29) is 5.82 Å². The Morgan fingerprint density at radius 2 is 2.19 bits per heavy atom. The molecule has 0 saturated heterocycles. The lowest BCUT2D eigenvalue weighted by atomic mass is 10.1. The van der Waals surface area contributed by atoms with Gasteiger partial charge in [0.25, 0.3) is 0 Å². The van der Waals surface area contributed by atoms with E-state index in [1.54, 1.807) is 29.9 Å². The van der Waals surface area contributed by atoms with Crippen molar-refractivity contribution in [2.45, 2.75) is 6.54 Å². The first-order chi connectivity index (χ1) is 7.61. The Morgan fingerprint density at radius 3 is 2.81 bits per heavy atom. The summed E-state index contributed by atoms with van der Waals surface area (Å²) >= 11 is 3.31. The highest BCUT2D eigenvalue weighted by molar-refractivity contribution is 9.10. The first kappa shape index (κ1) is 11.3. The molecule has 0 aliphatic rings. The van der Waals surface area contributed by atoms with Gasteiger partial charge < -0.3 is 5.73 Å². The molecule has 5 heteroatoms. The Kier molecular flexibility index (Phi) is 3.07. The van der Waals surface area contributed by atoms with Crippen molar-refractivity contribution >= 4 is 15.9 Å². The summed E-state index contributed by atoms with van der Waals surface area (Å²) in [5.41, 5.74) is 7.49. The van der Waals surface area contributed by atoms with E-state index in [1.165, 1.54) is 6.07 Å². The molecule has 0 unspecified atom stereocenters. The zero-order valence-corrected chi connectivity index (χ0v) is 10.3. The number of aryl methyl sites for hydroxylation is 1. The minimum absolute atomic E-state index is 0.287. The van der Waals surface area contributed by atoms with E-state index in [0.717, 1.165) is 10.2 Å². The highest BCUT2D eigenvalue weighted by atomic mass is 79.9. The van der Waals surface area contributed by atoms with Crippen LogP contribution in [-0.2, 0) is 13.6 Å². The molecule has 1 aromatic carbocycles. The van der Waals surface area contributed by atoms with Gasteiger partial charge in [-0.2, -0.15) is 5.10 Å². The molecule has 0 spiro atoms. The molecule has 84 valence electrons. The number of aromatic nitrogens is 2. The van der Waals surface area contributed by atoms with E-state index in [1.807, 2.05) is 0 Å². The van der Waals surface area contributed by atoms with E-state index in [0.29, 0.717) is 17.8 Å². The molecule has 2 rings (SSSR count). The number of benzene rings is 1. The third-order valence-corrected chi connectivity index (χ3v) is 2.88. The number of rotatable bonds is 2. The number of halogens is 2. The fourth-order valence-electron chi connectivity index (χ4n) is 1.52. The maximum Gasteiger partial charge on any atom is 0.132 e. The van der Waals surface area contributed by atoms with Crippen LogP contribution in [-0.4, -0.2) is 9.78 Å². The molecular weight excluding hydrogens is 273 g/mol. The zero-order chi connectivity index (χ0) is 11.7. The normalized spacial score (nSPS) is 10.8. The second-order valence-electron chi connectivity index (χ2n) is 3.47. The first-order valence-corrected chi connectivity index (χ1v) is 5.59. The third-order valence-electron chi connectivity index (χ3n) is 2.39. The molecule has 0 atom stereocenters. The average Bonchev–Trinajstić information content (AvgIpc) is 2.63. The molecule has 0 aliphatic heterocycles. The van der Waals surface area contributed by atoms with E-state index >= 15 is 0 Å². The molecule has 0 amide bonds. The van der Waals surface area contributed by atoms with Crippen LogP contribution in [0.5, 0.6) is 0 Å². The lowest BCUT2D eigenvalue weighted by molar-refractivity contribution is 0.629. The fourth-order valence-corrected chi connectivity index (χ4v) is 1.88. The Bertz CT molecular complexity index is 522. The van der Waals surface area contributed by atoms with Gasteiger partial charge in [0, 0.05) is 23.6 Å². The van der Waals surface area contributed by atoms with Gasteiger partial charge >= 0.3 is 0 Å². The van der Waals surface area contributed by atoms with Crippen LogP contribution in [0, 0.1) is 5.82 Å². The van der Waals surface area contributed by atoms with Gasteiger partial charge in [-0.05, 0) is 24.3 Å². The summed E-state index contributed by atoms with van der Waals surface area (Å²) in [6.07, 6.45) is 0. The van der Waals surface area contributed by atoms with Crippen molar-refractivity contribution in [3.63, 3.8) is 0 Å². The summed E-state index contributed by atoms with van der Waals surface area (Å²) < 4.78 is 16.1. The molecular formula is C11H11BrFN3. The topological polar surface area (TPSA) is 43.8 Å². The predicted octanol–water partition coefficient (Wildman–Crippen LogP) is 2.45. The Hall–Kier alpha value is -1.20. The molecule has 1 aromatic heterocycles. The average molecular weight is 284 g/mol. The van der Waals surface area contributed by atoms with Gasteiger partial charge in [-0.3, -0.25) is 4.68 Å². The lowest BCUT2D eigenvalue weighted by Gasteiger charge is -1.99. The number of nitrogens with two attached hydrogens (primary N) is 1. The second kappa shape index (κ2) is 4.35. The van der Waals surface area contributed by atoms with E-state index in [4.69, 9.17) is 5.73 Å². The molecule has 0 aliphatic carbocycles. The Morgan fingerprint density at radius 1 is 1.44 bits per heavy atom. The monoisotopic (exact) mass is 283 g/mol. The van der Waals surface area contributed by atoms with Crippen LogP contribution < -0.4 is 5.73 Å². The molecule has 16 heavy (non-hydrogen) atoms. The van der Waals surface area contributed by atoms with Crippen molar-refractivity contribution in [2.75, 3.05) is 0 Å². The van der Waals surface area contributed by atoms with Crippen molar-refractivity contribution < 1.29 is 4.39 Å². The molecule has 2 N–H and O–H groups in total. The molecule has 0 saturated carbocycles. The minimum atomic E-state index is -0.287. The van der Waals surface area contributed by atoms with Crippen LogP contribution in [0.25, 0.3) is 11.3 Å². The van der Waals surface area contributed by atoms with Crippen LogP contribution in [0.1, 0.15) is 5.69 Å². The van der Waals surface area contributed by atoms with Crippen LogP contribution >= 0.6 is 15.9 Å². The lowest BCUT2D eigenvalue weighted by Crippen LogP contribution is -2.03. The summed E-state index contributed by atoms with van der Waals surface area (Å²) in [4.78, 5) is 0. The van der Waals surface area contributed by atoms with Crippen LogP contribution in [0.4, 0.5) is 4.39 Å². The van der Waals surface area contributed by atoms with Crippen molar-refractivity contribution in [3.05, 3.63) is 40.2 Å². The van der Waals surface area contributed by atoms with E-state index in [2.05, 4.69) is 21.0 Å². The smallest absolute Gasteiger partial charge is 0.132 e. The van der Waals surface area contributed by atoms with Gasteiger partial charge in [0.2, 0.25) is 0 Å². The number of hydrogen-bond donors (Lipinski definition) is 1.